The van der Waals surface area contributed by atoms with Crippen LogP contribution in [-0.4, -0.2) is 70.8 Å². The van der Waals surface area contributed by atoms with E-state index >= 15 is 0 Å². The van der Waals surface area contributed by atoms with Crippen molar-refractivity contribution in [3.8, 4) is 0 Å². The first-order valence-electron chi connectivity index (χ1n) is 9.50. The van der Waals surface area contributed by atoms with Crippen LogP contribution in [0.5, 0.6) is 0 Å². The van der Waals surface area contributed by atoms with Crippen LogP contribution in [0.4, 0.5) is 5.69 Å². The maximum Gasteiger partial charge on any atom is 0.269 e. The van der Waals surface area contributed by atoms with E-state index in [0.29, 0.717) is 12.6 Å². The molecule has 0 bridgehead atoms. The number of piperidine rings is 1. The van der Waals surface area contributed by atoms with Crippen LogP contribution >= 0.6 is 0 Å². The molecular weight excluding hydrogens is 332 g/mol. The van der Waals surface area contributed by atoms with Crippen LogP contribution in [-0.2, 0) is 11.3 Å². The first-order chi connectivity index (χ1) is 12.5. The number of nitro groups is 1. The van der Waals surface area contributed by atoms with Gasteiger partial charge in [0.25, 0.3) is 5.69 Å². The molecule has 2 aliphatic heterocycles. The highest BCUT2D eigenvalue weighted by Gasteiger charge is 2.26. The van der Waals surface area contributed by atoms with Crippen LogP contribution in [0, 0.1) is 10.1 Å². The molecule has 1 unspecified atom stereocenters. The molecule has 142 valence electrons. The van der Waals surface area contributed by atoms with Crippen molar-refractivity contribution >= 4 is 11.6 Å². The van der Waals surface area contributed by atoms with Gasteiger partial charge in [0.15, 0.2) is 0 Å². The minimum absolute atomic E-state index is 0.129. The minimum Gasteiger partial charge on any atom is -0.339 e. The van der Waals surface area contributed by atoms with Crippen molar-refractivity contribution < 1.29 is 9.72 Å². The molecule has 0 aromatic heterocycles. The molecule has 1 amide bonds. The zero-order valence-electron chi connectivity index (χ0n) is 15.5. The van der Waals surface area contributed by atoms with E-state index in [-0.39, 0.29) is 16.5 Å². The van der Waals surface area contributed by atoms with E-state index in [1.165, 1.54) is 6.42 Å². The molecule has 2 aliphatic rings. The minimum atomic E-state index is -0.372. The molecule has 2 heterocycles. The molecule has 0 saturated carbocycles. The molecule has 7 nitrogen and oxygen atoms in total. The van der Waals surface area contributed by atoms with Gasteiger partial charge in [-0.3, -0.25) is 24.7 Å². The van der Waals surface area contributed by atoms with Crippen molar-refractivity contribution in [2.45, 2.75) is 38.8 Å². The van der Waals surface area contributed by atoms with Gasteiger partial charge in [0.05, 0.1) is 11.5 Å². The number of benzene rings is 1. The smallest absolute Gasteiger partial charge is 0.269 e. The summed E-state index contributed by atoms with van der Waals surface area (Å²) in [4.78, 5) is 29.5. The molecule has 2 fully saturated rings. The molecule has 0 aliphatic carbocycles. The van der Waals surface area contributed by atoms with Gasteiger partial charge in [-0.05, 0) is 31.7 Å². The van der Waals surface area contributed by atoms with Crippen molar-refractivity contribution in [1.29, 1.82) is 0 Å². The predicted molar refractivity (Wildman–Crippen MR) is 99.8 cm³/mol. The van der Waals surface area contributed by atoms with Gasteiger partial charge in [0.2, 0.25) is 5.91 Å². The van der Waals surface area contributed by atoms with E-state index in [1.54, 1.807) is 12.1 Å². The molecule has 3 rings (SSSR count). The number of nitro benzene ring substituents is 1. The van der Waals surface area contributed by atoms with Gasteiger partial charge in [-0.15, -0.1) is 0 Å². The lowest BCUT2D eigenvalue weighted by molar-refractivity contribution is -0.384. The lowest BCUT2D eigenvalue weighted by atomic mass is 10.0. The fourth-order valence-electron chi connectivity index (χ4n) is 3.84. The molecule has 7 heteroatoms. The summed E-state index contributed by atoms with van der Waals surface area (Å²) in [5.74, 6) is 0.265. The van der Waals surface area contributed by atoms with Crippen LogP contribution in [0.2, 0.25) is 0 Å². The number of hydrogen-bond donors (Lipinski definition) is 0. The standard InChI is InChI=1S/C19H28N4O3/c1-16-4-2-3-9-22(16)19(24)15-21-12-10-20(11-13-21)14-17-5-7-18(8-6-17)23(25)26/h5-8,16H,2-4,9-15H2,1H3. The van der Waals surface area contributed by atoms with Gasteiger partial charge in [-0.1, -0.05) is 12.1 Å². The Balaban J connectivity index is 1.43. The first-order valence-corrected chi connectivity index (χ1v) is 9.50. The quantitative estimate of drug-likeness (QED) is 0.594. The van der Waals surface area contributed by atoms with Crippen LogP contribution < -0.4 is 0 Å². The molecular formula is C19H28N4O3. The van der Waals surface area contributed by atoms with Gasteiger partial charge in [0.1, 0.15) is 0 Å². The Labute approximate surface area is 154 Å². The molecule has 1 aromatic rings. The number of rotatable bonds is 5. The third-order valence-electron chi connectivity index (χ3n) is 5.50. The number of nitrogens with zero attached hydrogens (tertiary/aromatic N) is 4. The van der Waals surface area contributed by atoms with E-state index < -0.39 is 0 Å². The van der Waals surface area contributed by atoms with Crippen molar-refractivity contribution in [3.63, 3.8) is 0 Å². The van der Waals surface area contributed by atoms with Crippen LogP contribution in [0.25, 0.3) is 0 Å². The molecule has 0 spiro atoms. The average molecular weight is 360 g/mol. The Morgan fingerprint density at radius 1 is 1.08 bits per heavy atom. The number of hydrogen-bond acceptors (Lipinski definition) is 5. The lowest BCUT2D eigenvalue weighted by Crippen LogP contribution is -2.51. The highest BCUT2D eigenvalue weighted by atomic mass is 16.6. The Bertz CT molecular complexity index is 626. The van der Waals surface area contributed by atoms with Crippen LogP contribution in [0.1, 0.15) is 31.7 Å². The van der Waals surface area contributed by atoms with Gasteiger partial charge >= 0.3 is 0 Å². The topological polar surface area (TPSA) is 69.9 Å². The number of carbonyl (C=O) groups excluding carboxylic acids is 1. The summed E-state index contributed by atoms with van der Waals surface area (Å²) in [6.45, 7) is 7.99. The summed E-state index contributed by atoms with van der Waals surface area (Å²) in [7, 11) is 0. The van der Waals surface area contributed by atoms with Crippen molar-refractivity contribution in [2.75, 3.05) is 39.3 Å². The maximum atomic E-state index is 12.6. The summed E-state index contributed by atoms with van der Waals surface area (Å²) in [6, 6.07) is 7.14. The molecule has 26 heavy (non-hydrogen) atoms. The molecule has 1 atom stereocenters. The molecule has 2 saturated heterocycles. The highest BCUT2D eigenvalue weighted by Crippen LogP contribution is 2.17. The third kappa shape index (κ3) is 4.80. The summed E-state index contributed by atoms with van der Waals surface area (Å²) in [6.07, 6.45) is 3.47. The number of piperazine rings is 1. The highest BCUT2D eigenvalue weighted by molar-refractivity contribution is 5.78. The number of likely N-dealkylation sites (tertiary alicyclic amines) is 1. The number of non-ortho nitro benzene ring substituents is 1. The summed E-state index contributed by atoms with van der Waals surface area (Å²) >= 11 is 0. The van der Waals surface area contributed by atoms with E-state index in [2.05, 4.69) is 16.7 Å². The first kappa shape index (κ1) is 18.8. The Morgan fingerprint density at radius 3 is 2.35 bits per heavy atom. The number of carbonyl (C=O) groups is 1. The SMILES string of the molecule is CC1CCCCN1C(=O)CN1CCN(Cc2ccc([N+](=O)[O-])cc2)CC1. The molecule has 0 radical (unpaired) electrons. The molecule has 0 N–H and O–H groups in total. The van der Waals surface area contributed by atoms with Gasteiger partial charge in [-0.2, -0.15) is 0 Å². The van der Waals surface area contributed by atoms with Crippen molar-refractivity contribution in [3.05, 3.63) is 39.9 Å². The summed E-state index contributed by atoms with van der Waals surface area (Å²) in [5.41, 5.74) is 1.21. The van der Waals surface area contributed by atoms with E-state index in [0.717, 1.165) is 57.7 Å². The average Bonchev–Trinajstić information content (AvgIpc) is 2.64. The second-order valence-corrected chi connectivity index (χ2v) is 7.41. The normalized spacial score (nSPS) is 22.3. The van der Waals surface area contributed by atoms with Crippen LogP contribution in [0.3, 0.4) is 0 Å². The summed E-state index contributed by atoms with van der Waals surface area (Å²) < 4.78 is 0. The van der Waals surface area contributed by atoms with E-state index in [9.17, 15) is 14.9 Å². The van der Waals surface area contributed by atoms with Gasteiger partial charge < -0.3 is 4.90 Å². The van der Waals surface area contributed by atoms with Crippen molar-refractivity contribution in [1.82, 2.24) is 14.7 Å². The summed E-state index contributed by atoms with van der Waals surface area (Å²) in [5, 5.41) is 10.7. The van der Waals surface area contributed by atoms with Crippen LogP contribution in [0.15, 0.2) is 24.3 Å². The monoisotopic (exact) mass is 360 g/mol. The molecule has 1 aromatic carbocycles. The fourth-order valence-corrected chi connectivity index (χ4v) is 3.84. The Hall–Kier alpha value is -1.99. The maximum absolute atomic E-state index is 12.6. The lowest BCUT2D eigenvalue weighted by Gasteiger charge is -2.38. The number of amides is 1. The Kier molecular flexibility index (Phi) is 6.21. The van der Waals surface area contributed by atoms with Gasteiger partial charge in [0, 0.05) is 57.4 Å². The van der Waals surface area contributed by atoms with E-state index in [4.69, 9.17) is 0 Å². The second-order valence-electron chi connectivity index (χ2n) is 7.41. The van der Waals surface area contributed by atoms with Crippen molar-refractivity contribution in [2.24, 2.45) is 0 Å². The zero-order valence-corrected chi connectivity index (χ0v) is 15.5. The zero-order chi connectivity index (χ0) is 18.5. The largest absolute Gasteiger partial charge is 0.339 e. The second kappa shape index (κ2) is 8.60. The van der Waals surface area contributed by atoms with Gasteiger partial charge in [-0.25, -0.2) is 0 Å². The van der Waals surface area contributed by atoms with E-state index in [1.807, 2.05) is 17.0 Å². The third-order valence-corrected chi connectivity index (χ3v) is 5.50. The predicted octanol–water partition coefficient (Wildman–Crippen LogP) is 2.11. The fraction of sp³-hybridized carbons (Fsp3) is 0.632. The Morgan fingerprint density at radius 2 is 1.73 bits per heavy atom.